The number of ether oxygens (including phenoxy) is 1. The van der Waals surface area contributed by atoms with Crippen LogP contribution in [-0.2, 0) is 0 Å². The number of hydrogen-bond donors (Lipinski definition) is 0. The highest BCUT2D eigenvalue weighted by Crippen LogP contribution is 2.28. The summed E-state index contributed by atoms with van der Waals surface area (Å²) < 4.78 is 7.60. The number of aryl methyl sites for hydroxylation is 1. The smallest absolute Gasteiger partial charge is 0.271 e. The molecule has 0 aliphatic carbocycles. The number of nitro benzene ring substituents is 1. The predicted octanol–water partition coefficient (Wildman–Crippen LogP) is 5.15. The number of hydrogen-bond acceptors (Lipinski definition) is 4. The molecule has 138 valence electrons. The Balaban J connectivity index is 1.97. The van der Waals surface area contributed by atoms with E-state index in [2.05, 4.69) is 4.99 Å². The number of nitro groups is 1. The Morgan fingerprint density at radius 3 is 2.67 bits per heavy atom. The number of aromatic nitrogens is 1. The van der Waals surface area contributed by atoms with Gasteiger partial charge in [-0.05, 0) is 45.0 Å². The summed E-state index contributed by atoms with van der Waals surface area (Å²) in [5, 5.41) is 11.1. The van der Waals surface area contributed by atoms with Crippen molar-refractivity contribution in [3.63, 3.8) is 0 Å². The minimum atomic E-state index is -0.384. The molecule has 27 heavy (non-hydrogen) atoms. The second kappa shape index (κ2) is 7.86. The molecule has 0 radical (unpaired) electrons. The van der Waals surface area contributed by atoms with E-state index in [-0.39, 0.29) is 10.6 Å². The summed E-state index contributed by atoms with van der Waals surface area (Å²) in [7, 11) is 0. The third kappa shape index (κ3) is 3.89. The van der Waals surface area contributed by atoms with Crippen LogP contribution in [0.15, 0.2) is 59.6 Å². The molecule has 0 aliphatic heterocycles. The summed E-state index contributed by atoms with van der Waals surface area (Å²) in [5.74, 6) is 0.740. The summed E-state index contributed by atoms with van der Waals surface area (Å²) in [6.07, 6.45) is 1.80. The highest BCUT2D eigenvalue weighted by atomic mass is 16.6. The van der Waals surface area contributed by atoms with Crippen molar-refractivity contribution in [2.75, 3.05) is 6.61 Å². The van der Waals surface area contributed by atoms with Crippen LogP contribution in [0.5, 0.6) is 5.75 Å². The molecule has 0 spiro atoms. The summed E-state index contributed by atoms with van der Waals surface area (Å²) in [4.78, 5) is 15.3. The van der Waals surface area contributed by atoms with Gasteiger partial charge in [-0.15, -0.1) is 0 Å². The third-order valence-corrected chi connectivity index (χ3v) is 4.28. The Morgan fingerprint density at radius 2 is 1.93 bits per heavy atom. The fourth-order valence-electron chi connectivity index (χ4n) is 3.04. The molecule has 0 fully saturated rings. The number of benzene rings is 2. The standard InChI is InChI=1S/C21H21N3O3/c1-4-27-21-11-6-5-10-20(21)22-14-17-12-15(2)23(16(17)3)18-8-7-9-19(13-18)24(25)26/h5-14H,4H2,1-3H3. The van der Waals surface area contributed by atoms with Gasteiger partial charge < -0.3 is 9.30 Å². The van der Waals surface area contributed by atoms with E-state index in [4.69, 9.17) is 4.74 Å². The van der Waals surface area contributed by atoms with Crippen LogP contribution in [0.25, 0.3) is 5.69 Å². The maximum Gasteiger partial charge on any atom is 0.271 e. The lowest BCUT2D eigenvalue weighted by Crippen LogP contribution is -2.00. The van der Waals surface area contributed by atoms with Crippen molar-refractivity contribution in [2.45, 2.75) is 20.8 Å². The van der Waals surface area contributed by atoms with Gasteiger partial charge in [0.1, 0.15) is 11.4 Å². The molecule has 0 N–H and O–H groups in total. The van der Waals surface area contributed by atoms with Crippen molar-refractivity contribution in [2.24, 2.45) is 4.99 Å². The van der Waals surface area contributed by atoms with E-state index < -0.39 is 0 Å². The van der Waals surface area contributed by atoms with Crippen molar-refractivity contribution < 1.29 is 9.66 Å². The lowest BCUT2D eigenvalue weighted by molar-refractivity contribution is -0.384. The summed E-state index contributed by atoms with van der Waals surface area (Å²) in [6, 6.07) is 16.3. The highest BCUT2D eigenvalue weighted by molar-refractivity contribution is 5.85. The molecule has 0 atom stereocenters. The summed E-state index contributed by atoms with van der Waals surface area (Å²) in [6.45, 7) is 6.46. The first-order chi connectivity index (χ1) is 13.0. The zero-order chi connectivity index (χ0) is 19.4. The Morgan fingerprint density at radius 1 is 1.15 bits per heavy atom. The van der Waals surface area contributed by atoms with Crippen LogP contribution in [0, 0.1) is 24.0 Å². The van der Waals surface area contributed by atoms with E-state index in [9.17, 15) is 10.1 Å². The Bertz CT molecular complexity index is 1010. The SMILES string of the molecule is CCOc1ccccc1N=Cc1cc(C)n(-c2cccc([N+](=O)[O-])c2)c1C. The van der Waals surface area contributed by atoms with Crippen molar-refractivity contribution in [3.8, 4) is 11.4 Å². The van der Waals surface area contributed by atoms with Gasteiger partial charge >= 0.3 is 0 Å². The molecule has 0 saturated carbocycles. The van der Waals surface area contributed by atoms with Crippen molar-refractivity contribution in [3.05, 3.63) is 81.7 Å². The van der Waals surface area contributed by atoms with Crippen molar-refractivity contribution >= 4 is 17.6 Å². The van der Waals surface area contributed by atoms with Gasteiger partial charge in [0.05, 0.1) is 17.2 Å². The molecule has 2 aromatic carbocycles. The maximum atomic E-state index is 11.1. The molecule has 6 heteroatoms. The van der Waals surface area contributed by atoms with Crippen LogP contribution in [0.4, 0.5) is 11.4 Å². The van der Waals surface area contributed by atoms with Crippen LogP contribution in [0.2, 0.25) is 0 Å². The quantitative estimate of drug-likeness (QED) is 0.345. The number of para-hydroxylation sites is 2. The Labute approximate surface area is 157 Å². The molecule has 0 aliphatic rings. The van der Waals surface area contributed by atoms with E-state index >= 15 is 0 Å². The van der Waals surface area contributed by atoms with Crippen LogP contribution in [0.1, 0.15) is 23.9 Å². The van der Waals surface area contributed by atoms with Gasteiger partial charge in [-0.2, -0.15) is 0 Å². The van der Waals surface area contributed by atoms with Crippen LogP contribution in [-0.4, -0.2) is 22.3 Å². The highest BCUT2D eigenvalue weighted by Gasteiger charge is 2.13. The summed E-state index contributed by atoms with van der Waals surface area (Å²) >= 11 is 0. The number of rotatable bonds is 6. The first-order valence-corrected chi connectivity index (χ1v) is 8.71. The number of aliphatic imine (C=N–C) groups is 1. The van der Waals surface area contributed by atoms with E-state index in [0.29, 0.717) is 6.61 Å². The monoisotopic (exact) mass is 363 g/mol. The topological polar surface area (TPSA) is 69.7 Å². The number of nitrogens with zero attached hydrogens (tertiary/aromatic N) is 3. The lowest BCUT2D eigenvalue weighted by atomic mass is 10.2. The van der Waals surface area contributed by atoms with Gasteiger partial charge in [0.25, 0.3) is 5.69 Å². The minimum absolute atomic E-state index is 0.0702. The van der Waals surface area contributed by atoms with E-state index in [1.54, 1.807) is 18.3 Å². The van der Waals surface area contributed by atoms with Gasteiger partial charge in [0.2, 0.25) is 0 Å². The van der Waals surface area contributed by atoms with E-state index in [0.717, 1.165) is 34.1 Å². The molecule has 0 bridgehead atoms. The largest absolute Gasteiger partial charge is 0.492 e. The third-order valence-electron chi connectivity index (χ3n) is 4.28. The first-order valence-electron chi connectivity index (χ1n) is 8.71. The Hall–Kier alpha value is -3.41. The summed E-state index contributed by atoms with van der Waals surface area (Å²) in [5.41, 5.74) is 4.48. The molecule has 0 saturated heterocycles. The fraction of sp³-hybridized carbons (Fsp3) is 0.190. The molecule has 1 aromatic heterocycles. The van der Waals surface area contributed by atoms with Crippen molar-refractivity contribution in [1.82, 2.24) is 4.57 Å². The zero-order valence-corrected chi connectivity index (χ0v) is 15.5. The maximum absolute atomic E-state index is 11.1. The van der Waals surface area contributed by atoms with Crippen LogP contribution >= 0.6 is 0 Å². The van der Waals surface area contributed by atoms with Crippen molar-refractivity contribution in [1.29, 1.82) is 0 Å². The van der Waals surface area contributed by atoms with Gasteiger partial charge in [0.15, 0.2) is 0 Å². The fourth-order valence-corrected chi connectivity index (χ4v) is 3.04. The van der Waals surface area contributed by atoms with Gasteiger partial charge in [-0.25, -0.2) is 0 Å². The van der Waals surface area contributed by atoms with Gasteiger partial charge in [-0.3, -0.25) is 15.1 Å². The molecule has 3 aromatic rings. The predicted molar refractivity (Wildman–Crippen MR) is 107 cm³/mol. The second-order valence-corrected chi connectivity index (χ2v) is 6.10. The Kier molecular flexibility index (Phi) is 5.35. The van der Waals surface area contributed by atoms with Crippen LogP contribution in [0.3, 0.4) is 0 Å². The average Bonchev–Trinajstić information content (AvgIpc) is 2.95. The number of non-ortho nitro benzene ring substituents is 1. The average molecular weight is 363 g/mol. The molecule has 0 unspecified atom stereocenters. The zero-order valence-electron chi connectivity index (χ0n) is 15.5. The van der Waals surface area contributed by atoms with E-state index in [1.165, 1.54) is 6.07 Å². The molecule has 1 heterocycles. The minimum Gasteiger partial charge on any atom is -0.492 e. The lowest BCUT2D eigenvalue weighted by Gasteiger charge is -2.09. The van der Waals surface area contributed by atoms with Gasteiger partial charge in [0, 0.05) is 35.3 Å². The normalized spacial score (nSPS) is 11.1. The molecular formula is C21H21N3O3. The molecular weight excluding hydrogens is 342 g/mol. The van der Waals surface area contributed by atoms with E-state index in [1.807, 2.05) is 61.7 Å². The molecule has 6 nitrogen and oxygen atoms in total. The molecule has 0 amide bonds. The van der Waals surface area contributed by atoms with Gasteiger partial charge in [-0.1, -0.05) is 18.2 Å². The first kappa shape index (κ1) is 18.4. The second-order valence-electron chi connectivity index (χ2n) is 6.10. The molecule has 3 rings (SSSR count). The van der Waals surface area contributed by atoms with Crippen LogP contribution < -0.4 is 4.74 Å².